The van der Waals surface area contributed by atoms with Crippen LogP contribution in [0.1, 0.15) is 35.6 Å². The number of carbonyl (C=O) groups is 1. The summed E-state index contributed by atoms with van der Waals surface area (Å²) in [6, 6.07) is 3.53. The van der Waals surface area contributed by atoms with Crippen LogP contribution in [-0.2, 0) is 11.3 Å². The van der Waals surface area contributed by atoms with Crippen LogP contribution in [-0.4, -0.2) is 12.9 Å². The van der Waals surface area contributed by atoms with Gasteiger partial charge in [-0.3, -0.25) is 4.79 Å². The summed E-state index contributed by atoms with van der Waals surface area (Å²) in [6.45, 7) is 0.427. The molecule has 0 aliphatic heterocycles. The number of ether oxygens (including phenoxy) is 1. The highest BCUT2D eigenvalue weighted by Crippen LogP contribution is 2.33. The van der Waals surface area contributed by atoms with Crippen molar-refractivity contribution < 1.29 is 13.9 Å². The van der Waals surface area contributed by atoms with Gasteiger partial charge in [-0.2, -0.15) is 0 Å². The van der Waals surface area contributed by atoms with Crippen LogP contribution in [0.25, 0.3) is 0 Å². The third-order valence-corrected chi connectivity index (χ3v) is 2.39. The molecule has 0 bridgehead atoms. The molecule has 0 unspecified atom stereocenters. The van der Waals surface area contributed by atoms with Gasteiger partial charge in [0.15, 0.2) is 11.5 Å². The van der Waals surface area contributed by atoms with Gasteiger partial charge < -0.3 is 9.15 Å². The maximum Gasteiger partial charge on any atom is 0.198 e. The van der Waals surface area contributed by atoms with Crippen LogP contribution >= 0.6 is 0 Å². The van der Waals surface area contributed by atoms with Crippen LogP contribution in [0.15, 0.2) is 16.5 Å². The Kier molecular flexibility index (Phi) is 2.68. The minimum Gasteiger partial charge on any atom is -0.456 e. The van der Waals surface area contributed by atoms with Gasteiger partial charge in [-0.25, -0.2) is 0 Å². The van der Waals surface area contributed by atoms with E-state index in [9.17, 15) is 4.79 Å². The van der Waals surface area contributed by atoms with E-state index in [1.165, 1.54) is 12.8 Å². The van der Waals surface area contributed by atoms with E-state index >= 15 is 0 Å². The van der Waals surface area contributed by atoms with Gasteiger partial charge >= 0.3 is 0 Å². The van der Waals surface area contributed by atoms with E-state index in [-0.39, 0.29) is 5.78 Å². The Hall–Kier alpha value is -1.09. The van der Waals surface area contributed by atoms with Crippen molar-refractivity contribution >= 4 is 5.78 Å². The Bertz CT molecular complexity index is 323. The minimum atomic E-state index is 0.120. The monoisotopic (exact) mass is 194 g/mol. The van der Waals surface area contributed by atoms with Crippen molar-refractivity contribution in [3.63, 3.8) is 0 Å². The summed E-state index contributed by atoms with van der Waals surface area (Å²) in [5.41, 5.74) is 0. The van der Waals surface area contributed by atoms with E-state index in [0.717, 1.165) is 0 Å². The van der Waals surface area contributed by atoms with Gasteiger partial charge in [0.1, 0.15) is 12.4 Å². The molecule has 0 atom stereocenters. The van der Waals surface area contributed by atoms with E-state index in [4.69, 9.17) is 9.15 Å². The minimum absolute atomic E-state index is 0.120. The Morgan fingerprint density at radius 1 is 1.57 bits per heavy atom. The Morgan fingerprint density at radius 3 is 3.00 bits per heavy atom. The lowest BCUT2D eigenvalue weighted by molar-refractivity contribution is 0.0940. The van der Waals surface area contributed by atoms with E-state index in [1.54, 1.807) is 19.2 Å². The normalized spacial score (nSPS) is 15.8. The lowest BCUT2D eigenvalue weighted by Crippen LogP contribution is -1.97. The molecule has 3 heteroatoms. The lowest BCUT2D eigenvalue weighted by atomic mass is 10.2. The summed E-state index contributed by atoms with van der Waals surface area (Å²) in [4.78, 5) is 11.6. The maximum atomic E-state index is 11.6. The Morgan fingerprint density at radius 2 is 2.36 bits per heavy atom. The lowest BCUT2D eigenvalue weighted by Gasteiger charge is -1.95. The molecule has 1 aliphatic rings. The zero-order valence-corrected chi connectivity index (χ0v) is 8.29. The predicted octanol–water partition coefficient (Wildman–Crippen LogP) is 2.41. The topological polar surface area (TPSA) is 39.4 Å². The second-order valence-electron chi connectivity index (χ2n) is 3.77. The zero-order chi connectivity index (χ0) is 9.97. The van der Waals surface area contributed by atoms with Crippen molar-refractivity contribution in [1.29, 1.82) is 0 Å². The van der Waals surface area contributed by atoms with Gasteiger partial charge in [-0.15, -0.1) is 0 Å². The first-order valence-electron chi connectivity index (χ1n) is 4.90. The molecule has 76 valence electrons. The first-order valence-corrected chi connectivity index (χ1v) is 4.90. The SMILES string of the molecule is COCc1ccc(C(=O)CC2CC2)o1. The predicted molar refractivity (Wildman–Crippen MR) is 51.1 cm³/mol. The fourth-order valence-electron chi connectivity index (χ4n) is 1.43. The van der Waals surface area contributed by atoms with Crippen molar-refractivity contribution in [3.05, 3.63) is 23.7 Å². The number of rotatable bonds is 5. The number of hydrogen-bond acceptors (Lipinski definition) is 3. The van der Waals surface area contributed by atoms with Gasteiger partial charge in [0.25, 0.3) is 0 Å². The molecule has 0 amide bonds. The molecule has 1 fully saturated rings. The Labute approximate surface area is 83.0 Å². The zero-order valence-electron chi connectivity index (χ0n) is 8.29. The number of ketones is 1. The first-order chi connectivity index (χ1) is 6.79. The van der Waals surface area contributed by atoms with Crippen LogP contribution in [0, 0.1) is 5.92 Å². The quantitative estimate of drug-likeness (QED) is 0.676. The van der Waals surface area contributed by atoms with Crippen molar-refractivity contribution in [3.8, 4) is 0 Å². The smallest absolute Gasteiger partial charge is 0.198 e. The second kappa shape index (κ2) is 3.96. The fourth-order valence-corrected chi connectivity index (χ4v) is 1.43. The third kappa shape index (κ3) is 2.23. The average molecular weight is 194 g/mol. The van der Waals surface area contributed by atoms with Gasteiger partial charge in [0.05, 0.1) is 0 Å². The van der Waals surface area contributed by atoms with Crippen molar-refractivity contribution in [2.45, 2.75) is 25.9 Å². The fraction of sp³-hybridized carbons (Fsp3) is 0.545. The van der Waals surface area contributed by atoms with Gasteiger partial charge in [0, 0.05) is 13.5 Å². The molecular formula is C11H14O3. The number of carbonyl (C=O) groups excluding carboxylic acids is 1. The highest BCUT2D eigenvalue weighted by atomic mass is 16.5. The molecule has 1 saturated carbocycles. The summed E-state index contributed by atoms with van der Waals surface area (Å²) in [6.07, 6.45) is 3.02. The van der Waals surface area contributed by atoms with E-state index in [2.05, 4.69) is 0 Å². The Balaban J connectivity index is 1.96. The first kappa shape index (κ1) is 9.46. The van der Waals surface area contributed by atoms with Crippen LogP contribution < -0.4 is 0 Å². The molecule has 2 rings (SSSR count). The molecule has 0 spiro atoms. The molecule has 14 heavy (non-hydrogen) atoms. The van der Waals surface area contributed by atoms with Crippen molar-refractivity contribution in [1.82, 2.24) is 0 Å². The number of furan rings is 1. The molecule has 0 radical (unpaired) electrons. The number of hydrogen-bond donors (Lipinski definition) is 0. The standard InChI is InChI=1S/C11H14O3/c1-13-7-9-4-5-11(14-9)10(12)6-8-2-3-8/h4-5,8H,2-3,6-7H2,1H3. The van der Waals surface area contributed by atoms with Crippen molar-refractivity contribution in [2.24, 2.45) is 5.92 Å². The molecule has 0 saturated heterocycles. The molecule has 0 N–H and O–H groups in total. The molecule has 1 heterocycles. The molecular weight excluding hydrogens is 180 g/mol. The molecule has 3 nitrogen and oxygen atoms in total. The average Bonchev–Trinajstić information content (AvgIpc) is 2.83. The van der Waals surface area contributed by atoms with Gasteiger partial charge in [0.2, 0.25) is 0 Å². The molecule has 1 aromatic heterocycles. The van der Waals surface area contributed by atoms with Crippen LogP contribution in [0.2, 0.25) is 0 Å². The summed E-state index contributed by atoms with van der Waals surface area (Å²) in [5.74, 6) is 1.92. The highest BCUT2D eigenvalue weighted by Gasteiger charge is 2.26. The molecule has 1 aliphatic carbocycles. The maximum absolute atomic E-state index is 11.6. The summed E-state index contributed by atoms with van der Waals surface area (Å²) in [7, 11) is 1.61. The van der Waals surface area contributed by atoms with Gasteiger partial charge in [-0.1, -0.05) is 0 Å². The highest BCUT2D eigenvalue weighted by molar-refractivity contribution is 5.93. The van der Waals surface area contributed by atoms with E-state index < -0.39 is 0 Å². The van der Waals surface area contributed by atoms with Gasteiger partial charge in [-0.05, 0) is 30.9 Å². The molecule has 1 aromatic rings. The largest absolute Gasteiger partial charge is 0.456 e. The number of methoxy groups -OCH3 is 1. The third-order valence-electron chi connectivity index (χ3n) is 2.39. The van der Waals surface area contributed by atoms with E-state index in [0.29, 0.717) is 30.5 Å². The number of Topliss-reactive ketones (excluding diaryl/α,β-unsaturated/α-hetero) is 1. The summed E-state index contributed by atoms with van der Waals surface area (Å²) >= 11 is 0. The summed E-state index contributed by atoms with van der Waals surface area (Å²) in [5, 5.41) is 0. The second-order valence-corrected chi connectivity index (χ2v) is 3.77. The van der Waals surface area contributed by atoms with Crippen LogP contribution in [0.3, 0.4) is 0 Å². The summed E-state index contributed by atoms with van der Waals surface area (Å²) < 4.78 is 10.2. The van der Waals surface area contributed by atoms with Crippen molar-refractivity contribution in [2.75, 3.05) is 7.11 Å². The van der Waals surface area contributed by atoms with Crippen LogP contribution in [0.4, 0.5) is 0 Å². The van der Waals surface area contributed by atoms with E-state index in [1.807, 2.05) is 0 Å². The molecule has 0 aromatic carbocycles. The van der Waals surface area contributed by atoms with Crippen LogP contribution in [0.5, 0.6) is 0 Å².